The first-order valence-corrected chi connectivity index (χ1v) is 8.90. The molecule has 0 spiro atoms. The highest BCUT2D eigenvalue weighted by Gasteiger charge is 2.28. The fraction of sp³-hybridized carbons (Fsp3) is 0.300. The van der Waals surface area contributed by atoms with Crippen molar-refractivity contribution in [2.75, 3.05) is 5.32 Å². The first-order valence-electron chi connectivity index (χ1n) is 8.90. The number of carbonyl (C=O) groups is 2. The van der Waals surface area contributed by atoms with Gasteiger partial charge in [-0.15, -0.1) is 0 Å². The summed E-state index contributed by atoms with van der Waals surface area (Å²) in [6.07, 6.45) is 1.09. The van der Waals surface area contributed by atoms with Gasteiger partial charge in [0.05, 0.1) is 0 Å². The van der Waals surface area contributed by atoms with Crippen molar-refractivity contribution in [1.29, 1.82) is 0 Å². The molecule has 3 rings (SSSR count). The number of halogens is 3. The lowest BCUT2D eigenvalue weighted by atomic mass is 9.92. The molecule has 0 aromatic heterocycles. The molecule has 1 aliphatic rings. The van der Waals surface area contributed by atoms with Crippen molar-refractivity contribution in [3.8, 4) is 0 Å². The van der Waals surface area contributed by atoms with Gasteiger partial charge in [-0.25, -0.2) is 18.0 Å². The molecule has 0 aliphatic heterocycles. The minimum atomic E-state index is -0.931. The van der Waals surface area contributed by atoms with Crippen LogP contribution in [-0.4, -0.2) is 24.1 Å². The number of rotatable bonds is 4. The van der Waals surface area contributed by atoms with Crippen LogP contribution < -0.4 is 10.6 Å². The van der Waals surface area contributed by atoms with Gasteiger partial charge in [-0.05, 0) is 55.7 Å². The Hall–Kier alpha value is -3.03. The lowest BCUT2D eigenvalue weighted by Crippen LogP contribution is -2.41. The molecule has 0 radical (unpaired) electrons. The molecule has 1 saturated carbocycles. The molecule has 0 unspecified atom stereocenters. The van der Waals surface area contributed by atoms with Gasteiger partial charge in [0.25, 0.3) is 5.91 Å². The zero-order valence-electron chi connectivity index (χ0n) is 14.9. The van der Waals surface area contributed by atoms with Gasteiger partial charge in [0.2, 0.25) is 0 Å². The van der Waals surface area contributed by atoms with Crippen LogP contribution in [0.1, 0.15) is 36.0 Å². The van der Waals surface area contributed by atoms with Crippen LogP contribution in [0.4, 0.5) is 23.7 Å². The molecule has 0 saturated heterocycles. The monoisotopic (exact) mass is 392 g/mol. The van der Waals surface area contributed by atoms with Crippen LogP contribution in [0.3, 0.4) is 0 Å². The van der Waals surface area contributed by atoms with Gasteiger partial charge in [0, 0.05) is 18.2 Å². The zero-order valence-corrected chi connectivity index (χ0v) is 14.9. The van der Waals surface area contributed by atoms with Crippen LogP contribution in [0.5, 0.6) is 0 Å². The third kappa shape index (κ3) is 5.03. The molecular weight excluding hydrogens is 373 g/mol. The molecule has 28 heavy (non-hydrogen) atoms. The van der Waals surface area contributed by atoms with E-state index in [0.717, 1.165) is 12.1 Å². The molecule has 148 valence electrons. The topological polar surface area (TPSA) is 67.4 Å². The molecule has 0 heterocycles. The van der Waals surface area contributed by atoms with Gasteiger partial charge in [0.1, 0.15) is 29.1 Å². The van der Waals surface area contributed by atoms with Crippen molar-refractivity contribution in [1.82, 2.24) is 5.32 Å². The number of amides is 2. The van der Waals surface area contributed by atoms with Crippen LogP contribution in [-0.2, 0) is 4.74 Å². The van der Waals surface area contributed by atoms with E-state index >= 15 is 0 Å². The lowest BCUT2D eigenvalue weighted by molar-refractivity contribution is 0.0710. The molecule has 2 aromatic carbocycles. The highest BCUT2D eigenvalue weighted by Crippen LogP contribution is 2.23. The summed E-state index contributed by atoms with van der Waals surface area (Å²) in [5, 5.41) is 5.10. The van der Waals surface area contributed by atoms with E-state index in [9.17, 15) is 22.8 Å². The molecule has 8 heteroatoms. The Balaban J connectivity index is 1.54. The number of hydrogen-bond acceptors (Lipinski definition) is 3. The largest absolute Gasteiger partial charge is 0.446 e. The summed E-state index contributed by atoms with van der Waals surface area (Å²) < 4.78 is 45.7. The van der Waals surface area contributed by atoms with E-state index in [4.69, 9.17) is 4.74 Å². The molecule has 2 amide bonds. The quantitative estimate of drug-likeness (QED) is 0.811. The Bertz CT molecular complexity index is 838. The second-order valence-electron chi connectivity index (χ2n) is 6.59. The molecule has 2 atom stereocenters. The Morgan fingerprint density at radius 1 is 0.964 bits per heavy atom. The summed E-state index contributed by atoms with van der Waals surface area (Å²) in [6, 6.07) is 8.09. The maximum atomic E-state index is 13.7. The van der Waals surface area contributed by atoms with Crippen LogP contribution in [0.2, 0.25) is 0 Å². The third-order valence-electron chi connectivity index (χ3n) is 4.52. The van der Waals surface area contributed by atoms with Gasteiger partial charge < -0.3 is 10.1 Å². The Morgan fingerprint density at radius 3 is 2.32 bits per heavy atom. The highest BCUT2D eigenvalue weighted by molar-refractivity contribution is 5.95. The van der Waals surface area contributed by atoms with Crippen molar-refractivity contribution in [2.24, 2.45) is 0 Å². The van der Waals surface area contributed by atoms with Crippen LogP contribution in [0.25, 0.3) is 0 Å². The summed E-state index contributed by atoms with van der Waals surface area (Å²) in [4.78, 5) is 24.2. The molecule has 0 bridgehead atoms. The second-order valence-corrected chi connectivity index (χ2v) is 6.59. The number of hydrogen-bond donors (Lipinski definition) is 2. The summed E-state index contributed by atoms with van der Waals surface area (Å²) in [5.74, 6) is -3.12. The second kappa shape index (κ2) is 8.77. The smallest absolute Gasteiger partial charge is 0.411 e. The minimum Gasteiger partial charge on any atom is -0.446 e. The Morgan fingerprint density at radius 2 is 1.64 bits per heavy atom. The van der Waals surface area contributed by atoms with E-state index in [2.05, 4.69) is 10.6 Å². The predicted octanol–water partition coefficient (Wildman–Crippen LogP) is 4.39. The molecule has 1 fully saturated rings. The van der Waals surface area contributed by atoms with Crippen molar-refractivity contribution in [3.63, 3.8) is 0 Å². The van der Waals surface area contributed by atoms with Crippen molar-refractivity contribution in [2.45, 2.75) is 37.8 Å². The zero-order chi connectivity index (χ0) is 20.1. The number of carbonyl (C=O) groups excluding carboxylic acids is 2. The first kappa shape index (κ1) is 19.7. The number of benzene rings is 2. The van der Waals surface area contributed by atoms with Gasteiger partial charge in [0.15, 0.2) is 0 Å². The van der Waals surface area contributed by atoms with Gasteiger partial charge in [-0.3, -0.25) is 10.1 Å². The lowest BCUT2D eigenvalue weighted by Gasteiger charge is -2.29. The van der Waals surface area contributed by atoms with Crippen LogP contribution >= 0.6 is 0 Å². The van der Waals surface area contributed by atoms with Crippen molar-refractivity contribution in [3.05, 3.63) is 65.5 Å². The van der Waals surface area contributed by atoms with Crippen LogP contribution in [0.15, 0.2) is 42.5 Å². The normalized spacial score (nSPS) is 19.0. The van der Waals surface area contributed by atoms with Gasteiger partial charge >= 0.3 is 6.09 Å². The summed E-state index contributed by atoms with van der Waals surface area (Å²) >= 11 is 0. The average Bonchev–Trinajstić information content (AvgIpc) is 2.64. The van der Waals surface area contributed by atoms with E-state index in [1.54, 1.807) is 0 Å². The molecular formula is C20H19F3N2O3. The maximum Gasteiger partial charge on any atom is 0.411 e. The Labute approximate surface area is 159 Å². The summed E-state index contributed by atoms with van der Waals surface area (Å²) in [7, 11) is 0. The fourth-order valence-electron chi connectivity index (χ4n) is 3.19. The fourth-order valence-corrected chi connectivity index (χ4v) is 3.19. The van der Waals surface area contributed by atoms with Crippen LogP contribution in [0, 0.1) is 17.5 Å². The first-order chi connectivity index (χ1) is 13.4. The molecule has 2 aromatic rings. The number of ether oxygens (including phenoxy) is 1. The summed E-state index contributed by atoms with van der Waals surface area (Å²) in [6.45, 7) is 0. The SMILES string of the molecule is O=C(Nc1ccc(F)cc1)O[C@H]1CCC[C@H](NC(=O)c2c(F)cccc2F)C1. The van der Waals surface area contributed by atoms with E-state index in [1.807, 2.05) is 0 Å². The standard InChI is InChI=1S/C20H19F3N2O3/c21-12-7-9-13(10-8-12)25-20(27)28-15-4-1-3-14(11-15)24-19(26)18-16(22)5-2-6-17(18)23/h2,5-10,14-15H,1,3-4,11H2,(H,24,26)(H,25,27)/t14-,15-/m0/s1. The number of anilines is 1. The summed E-state index contributed by atoms with van der Waals surface area (Å²) in [5.41, 5.74) is -0.235. The van der Waals surface area contributed by atoms with Gasteiger partial charge in [-0.1, -0.05) is 6.07 Å². The average molecular weight is 392 g/mol. The third-order valence-corrected chi connectivity index (χ3v) is 4.52. The van der Waals surface area contributed by atoms with E-state index in [0.29, 0.717) is 31.4 Å². The highest BCUT2D eigenvalue weighted by atomic mass is 19.1. The molecule has 2 N–H and O–H groups in total. The van der Waals surface area contributed by atoms with E-state index in [1.165, 1.54) is 30.3 Å². The molecule has 1 aliphatic carbocycles. The van der Waals surface area contributed by atoms with Crippen molar-refractivity contribution < 1.29 is 27.5 Å². The molecule has 5 nitrogen and oxygen atoms in total. The maximum absolute atomic E-state index is 13.7. The predicted molar refractivity (Wildman–Crippen MR) is 96.4 cm³/mol. The van der Waals surface area contributed by atoms with E-state index < -0.39 is 41.1 Å². The van der Waals surface area contributed by atoms with Gasteiger partial charge in [-0.2, -0.15) is 0 Å². The number of nitrogens with one attached hydrogen (secondary N) is 2. The Kier molecular flexibility index (Phi) is 6.18. The van der Waals surface area contributed by atoms with E-state index in [-0.39, 0.29) is 6.04 Å². The minimum absolute atomic E-state index is 0.332. The van der Waals surface area contributed by atoms with Crippen molar-refractivity contribution >= 4 is 17.7 Å².